The maximum Gasteiger partial charge on any atom is 0.241 e. The normalized spacial score (nSPS) is 21.2. The number of fused-ring (bicyclic) bond motifs is 1. The average molecular weight is 303 g/mol. The van der Waals surface area contributed by atoms with Gasteiger partial charge in [-0.05, 0) is 37.6 Å². The SMILES string of the molecule is OC1CCCN(Cc2nc(-c3ccc4c(c3)OCO4)no2)C1. The topological polar surface area (TPSA) is 80.9 Å². The number of hydrogen-bond donors (Lipinski definition) is 1. The summed E-state index contributed by atoms with van der Waals surface area (Å²) in [5.74, 6) is 2.52. The lowest BCUT2D eigenvalue weighted by molar-refractivity contribution is 0.0613. The molecule has 0 aliphatic carbocycles. The molecule has 1 N–H and O–H groups in total. The molecule has 0 bridgehead atoms. The molecule has 116 valence electrons. The number of piperidine rings is 1. The van der Waals surface area contributed by atoms with Crippen LogP contribution in [-0.2, 0) is 6.54 Å². The number of hydrogen-bond acceptors (Lipinski definition) is 7. The molecule has 7 heteroatoms. The van der Waals surface area contributed by atoms with E-state index < -0.39 is 0 Å². The molecule has 1 aromatic carbocycles. The van der Waals surface area contributed by atoms with Crippen molar-refractivity contribution < 1.29 is 19.1 Å². The lowest BCUT2D eigenvalue weighted by atomic mass is 10.1. The van der Waals surface area contributed by atoms with E-state index in [0.29, 0.717) is 30.6 Å². The number of aliphatic hydroxyl groups is 1. The highest BCUT2D eigenvalue weighted by Gasteiger charge is 2.21. The molecular weight excluding hydrogens is 286 g/mol. The molecule has 1 aromatic heterocycles. The first kappa shape index (κ1) is 13.5. The Hall–Kier alpha value is -2.12. The van der Waals surface area contributed by atoms with Crippen molar-refractivity contribution in [2.24, 2.45) is 0 Å². The number of aliphatic hydroxyl groups excluding tert-OH is 1. The van der Waals surface area contributed by atoms with E-state index in [1.54, 1.807) is 0 Å². The van der Waals surface area contributed by atoms with Gasteiger partial charge in [0.15, 0.2) is 11.5 Å². The van der Waals surface area contributed by atoms with Gasteiger partial charge in [0.1, 0.15) is 0 Å². The molecule has 1 fully saturated rings. The van der Waals surface area contributed by atoms with Crippen LogP contribution >= 0.6 is 0 Å². The number of aromatic nitrogens is 2. The van der Waals surface area contributed by atoms with Crippen molar-refractivity contribution in [3.63, 3.8) is 0 Å². The average Bonchev–Trinajstić information content (AvgIpc) is 3.15. The molecule has 1 atom stereocenters. The third kappa shape index (κ3) is 2.65. The fourth-order valence-electron chi connectivity index (χ4n) is 2.84. The van der Waals surface area contributed by atoms with Crippen molar-refractivity contribution in [3.8, 4) is 22.9 Å². The molecule has 3 heterocycles. The Labute approximate surface area is 127 Å². The van der Waals surface area contributed by atoms with Gasteiger partial charge in [0.2, 0.25) is 18.5 Å². The summed E-state index contributed by atoms with van der Waals surface area (Å²) in [4.78, 5) is 6.56. The van der Waals surface area contributed by atoms with Crippen LogP contribution in [0.25, 0.3) is 11.4 Å². The Morgan fingerprint density at radius 1 is 1.27 bits per heavy atom. The number of nitrogens with zero attached hydrogens (tertiary/aromatic N) is 3. The van der Waals surface area contributed by atoms with E-state index in [1.165, 1.54) is 0 Å². The first-order valence-electron chi connectivity index (χ1n) is 7.41. The van der Waals surface area contributed by atoms with E-state index in [4.69, 9.17) is 14.0 Å². The van der Waals surface area contributed by atoms with Gasteiger partial charge < -0.3 is 19.1 Å². The molecule has 22 heavy (non-hydrogen) atoms. The summed E-state index contributed by atoms with van der Waals surface area (Å²) in [6.07, 6.45) is 1.60. The summed E-state index contributed by atoms with van der Waals surface area (Å²) in [7, 11) is 0. The zero-order valence-corrected chi connectivity index (χ0v) is 12.1. The standard InChI is InChI=1S/C15H17N3O4/c19-11-2-1-5-18(7-11)8-14-16-15(17-22-14)10-3-4-12-13(6-10)21-9-20-12/h3-4,6,11,19H,1-2,5,7-9H2. The van der Waals surface area contributed by atoms with Gasteiger partial charge in [0, 0.05) is 12.1 Å². The molecule has 7 nitrogen and oxygen atoms in total. The first-order valence-corrected chi connectivity index (χ1v) is 7.41. The van der Waals surface area contributed by atoms with Gasteiger partial charge in [0.25, 0.3) is 0 Å². The van der Waals surface area contributed by atoms with Crippen LogP contribution in [0.5, 0.6) is 11.5 Å². The van der Waals surface area contributed by atoms with Crippen molar-refractivity contribution in [3.05, 3.63) is 24.1 Å². The molecule has 1 unspecified atom stereocenters. The summed E-state index contributed by atoms with van der Waals surface area (Å²) in [5.41, 5.74) is 0.831. The second-order valence-corrected chi connectivity index (χ2v) is 5.61. The number of ether oxygens (including phenoxy) is 2. The van der Waals surface area contributed by atoms with Crippen LogP contribution in [0.1, 0.15) is 18.7 Å². The predicted octanol–water partition coefficient (Wildman–Crippen LogP) is 1.42. The van der Waals surface area contributed by atoms with E-state index in [-0.39, 0.29) is 12.9 Å². The highest BCUT2D eigenvalue weighted by molar-refractivity contribution is 5.61. The molecule has 1 saturated heterocycles. The molecule has 0 spiro atoms. The van der Waals surface area contributed by atoms with Gasteiger partial charge in [0.05, 0.1) is 12.6 Å². The lowest BCUT2D eigenvalue weighted by Gasteiger charge is -2.28. The van der Waals surface area contributed by atoms with E-state index in [2.05, 4.69) is 15.0 Å². The third-order valence-corrected chi connectivity index (χ3v) is 3.94. The van der Waals surface area contributed by atoms with Crippen LogP contribution < -0.4 is 9.47 Å². The lowest BCUT2D eigenvalue weighted by Crippen LogP contribution is -2.37. The summed E-state index contributed by atoms with van der Waals surface area (Å²) in [5, 5.41) is 13.7. The monoisotopic (exact) mass is 303 g/mol. The van der Waals surface area contributed by atoms with E-state index in [9.17, 15) is 5.11 Å². The van der Waals surface area contributed by atoms with Crippen molar-refractivity contribution in [1.29, 1.82) is 0 Å². The molecule has 2 aliphatic rings. The molecule has 0 saturated carbocycles. The second-order valence-electron chi connectivity index (χ2n) is 5.61. The maximum absolute atomic E-state index is 9.70. The molecule has 0 radical (unpaired) electrons. The van der Waals surface area contributed by atoms with Crippen molar-refractivity contribution in [1.82, 2.24) is 15.0 Å². The highest BCUT2D eigenvalue weighted by atomic mass is 16.7. The fourth-order valence-corrected chi connectivity index (χ4v) is 2.84. The fraction of sp³-hybridized carbons (Fsp3) is 0.467. The van der Waals surface area contributed by atoms with E-state index >= 15 is 0 Å². The molecule has 2 aromatic rings. The number of likely N-dealkylation sites (tertiary alicyclic amines) is 1. The second kappa shape index (κ2) is 5.58. The van der Waals surface area contributed by atoms with Crippen LogP contribution in [-0.4, -0.2) is 46.1 Å². The number of β-amino-alcohol motifs (C(OH)–C–C–N with tert-alkyl or cyclic N) is 1. The molecular formula is C15H17N3O4. The smallest absolute Gasteiger partial charge is 0.241 e. The van der Waals surface area contributed by atoms with Gasteiger partial charge in [-0.2, -0.15) is 4.98 Å². The minimum absolute atomic E-state index is 0.244. The molecule has 0 amide bonds. The van der Waals surface area contributed by atoms with Crippen LogP contribution in [0.2, 0.25) is 0 Å². The minimum atomic E-state index is -0.259. The summed E-state index contributed by atoms with van der Waals surface area (Å²) in [6.45, 7) is 2.41. The molecule has 2 aliphatic heterocycles. The van der Waals surface area contributed by atoms with Crippen LogP contribution in [0, 0.1) is 0 Å². The Bertz CT molecular complexity index is 673. The zero-order chi connectivity index (χ0) is 14.9. The Kier molecular flexibility index (Phi) is 3.44. The summed E-state index contributed by atoms with van der Waals surface area (Å²) in [6, 6.07) is 5.57. The van der Waals surface area contributed by atoms with E-state index in [0.717, 1.165) is 30.7 Å². The van der Waals surface area contributed by atoms with Gasteiger partial charge in [-0.25, -0.2) is 0 Å². The van der Waals surface area contributed by atoms with Crippen LogP contribution in [0.15, 0.2) is 22.7 Å². The molecule has 4 rings (SSSR count). The summed E-state index contributed by atoms with van der Waals surface area (Å²) >= 11 is 0. The van der Waals surface area contributed by atoms with E-state index in [1.807, 2.05) is 18.2 Å². The summed E-state index contributed by atoms with van der Waals surface area (Å²) < 4.78 is 16.0. The minimum Gasteiger partial charge on any atom is -0.454 e. The van der Waals surface area contributed by atoms with Crippen LogP contribution in [0.4, 0.5) is 0 Å². The van der Waals surface area contributed by atoms with Crippen molar-refractivity contribution in [2.45, 2.75) is 25.5 Å². The third-order valence-electron chi connectivity index (χ3n) is 3.94. The predicted molar refractivity (Wildman–Crippen MR) is 76.4 cm³/mol. The number of rotatable bonds is 3. The van der Waals surface area contributed by atoms with Crippen molar-refractivity contribution >= 4 is 0 Å². The largest absolute Gasteiger partial charge is 0.454 e. The van der Waals surface area contributed by atoms with Gasteiger partial charge in [-0.1, -0.05) is 5.16 Å². The maximum atomic E-state index is 9.70. The van der Waals surface area contributed by atoms with Gasteiger partial charge in [-0.3, -0.25) is 4.90 Å². The highest BCUT2D eigenvalue weighted by Crippen LogP contribution is 2.35. The van der Waals surface area contributed by atoms with Crippen molar-refractivity contribution in [2.75, 3.05) is 19.9 Å². The zero-order valence-electron chi connectivity index (χ0n) is 12.1. The Balaban J connectivity index is 1.49. The van der Waals surface area contributed by atoms with Crippen LogP contribution in [0.3, 0.4) is 0 Å². The number of benzene rings is 1. The Morgan fingerprint density at radius 2 is 2.18 bits per heavy atom. The first-order chi connectivity index (χ1) is 10.8. The van der Waals surface area contributed by atoms with Gasteiger partial charge >= 0.3 is 0 Å². The van der Waals surface area contributed by atoms with Gasteiger partial charge in [-0.15, -0.1) is 0 Å². The quantitative estimate of drug-likeness (QED) is 0.918. The Morgan fingerprint density at radius 3 is 3.09 bits per heavy atom.